The molecule has 2 amide bonds. The van der Waals surface area contributed by atoms with Gasteiger partial charge in [-0.3, -0.25) is 14.3 Å². The maximum absolute atomic E-state index is 12.7. The number of likely N-dealkylation sites (N-methyl/N-ethyl adjacent to an activating group) is 1. The number of aromatic nitrogens is 2. The van der Waals surface area contributed by atoms with E-state index in [9.17, 15) is 9.59 Å². The molecule has 2 heterocycles. The summed E-state index contributed by atoms with van der Waals surface area (Å²) in [7, 11) is 5.24. The second kappa shape index (κ2) is 11.0. The molecule has 1 saturated heterocycles. The summed E-state index contributed by atoms with van der Waals surface area (Å²) in [5.74, 6) is 0.471. The van der Waals surface area contributed by atoms with Crippen molar-refractivity contribution in [2.75, 3.05) is 45.2 Å². The van der Waals surface area contributed by atoms with Gasteiger partial charge in [0.1, 0.15) is 6.54 Å². The molecule has 0 radical (unpaired) electrons. The Bertz CT molecular complexity index is 882. The summed E-state index contributed by atoms with van der Waals surface area (Å²) in [5, 5.41) is 7.26. The average molecular weight is 525 g/mol. The lowest BCUT2D eigenvalue weighted by atomic mass is 10.2. The number of rotatable bonds is 5. The summed E-state index contributed by atoms with van der Waals surface area (Å²) in [4.78, 5) is 34.5. The van der Waals surface area contributed by atoms with Crippen molar-refractivity contribution in [1.82, 2.24) is 24.9 Å². The van der Waals surface area contributed by atoms with Gasteiger partial charge in [0.15, 0.2) is 5.96 Å². The molecule has 9 nitrogen and oxygen atoms in total. The normalized spacial score (nSPS) is 14.4. The van der Waals surface area contributed by atoms with Crippen LogP contribution in [-0.2, 0) is 23.2 Å². The van der Waals surface area contributed by atoms with E-state index in [2.05, 4.69) is 15.4 Å². The molecule has 162 valence electrons. The first-order valence-electron chi connectivity index (χ1n) is 9.50. The second-order valence-corrected chi connectivity index (χ2v) is 7.11. The molecule has 1 aliphatic rings. The van der Waals surface area contributed by atoms with E-state index in [-0.39, 0.29) is 48.9 Å². The number of aliphatic imine (C=N–C) groups is 1. The van der Waals surface area contributed by atoms with Crippen LogP contribution in [0.1, 0.15) is 5.56 Å². The Balaban J connectivity index is 0.00000320. The molecule has 1 aromatic carbocycles. The molecule has 1 N–H and O–H groups in total. The monoisotopic (exact) mass is 525 g/mol. The van der Waals surface area contributed by atoms with E-state index < -0.39 is 0 Å². The van der Waals surface area contributed by atoms with Gasteiger partial charge in [0.2, 0.25) is 11.8 Å². The number of piperazine rings is 1. The van der Waals surface area contributed by atoms with E-state index in [0.29, 0.717) is 25.6 Å². The van der Waals surface area contributed by atoms with Gasteiger partial charge in [-0.1, -0.05) is 30.3 Å². The number of aryl methyl sites for hydroxylation is 1. The Labute approximate surface area is 193 Å². The predicted octanol–water partition coefficient (Wildman–Crippen LogP) is 0.921. The maximum Gasteiger partial charge on any atom is 0.246 e. The minimum atomic E-state index is -0.0577. The van der Waals surface area contributed by atoms with Crippen LogP contribution in [0, 0.1) is 0 Å². The molecule has 0 aliphatic carbocycles. The summed E-state index contributed by atoms with van der Waals surface area (Å²) in [6.07, 6.45) is 3.51. The van der Waals surface area contributed by atoms with Gasteiger partial charge in [-0.25, -0.2) is 4.99 Å². The minimum Gasteiger partial charge on any atom is -0.347 e. The van der Waals surface area contributed by atoms with Crippen molar-refractivity contribution in [2.45, 2.75) is 6.54 Å². The number of carbonyl (C=O) groups excluding carboxylic acids is 2. The highest BCUT2D eigenvalue weighted by molar-refractivity contribution is 14.0. The number of carbonyl (C=O) groups is 2. The molecule has 1 aliphatic heterocycles. The van der Waals surface area contributed by atoms with E-state index >= 15 is 0 Å². The van der Waals surface area contributed by atoms with E-state index in [0.717, 1.165) is 11.3 Å². The molecular formula is C20H28IN7O2. The third-order valence-corrected chi connectivity index (χ3v) is 4.67. The van der Waals surface area contributed by atoms with Gasteiger partial charge in [-0.05, 0) is 5.56 Å². The Hall–Kier alpha value is -2.63. The highest BCUT2D eigenvalue weighted by Crippen LogP contribution is 2.16. The lowest BCUT2D eigenvalue weighted by Crippen LogP contribution is -2.56. The highest BCUT2D eigenvalue weighted by Gasteiger charge is 2.28. The molecule has 1 fully saturated rings. The van der Waals surface area contributed by atoms with Gasteiger partial charge in [0.25, 0.3) is 0 Å². The largest absolute Gasteiger partial charge is 0.347 e. The Morgan fingerprint density at radius 3 is 2.57 bits per heavy atom. The summed E-state index contributed by atoms with van der Waals surface area (Å²) in [6.45, 7) is 1.91. The van der Waals surface area contributed by atoms with Gasteiger partial charge in [0, 0.05) is 40.4 Å². The topological polar surface area (TPSA) is 86.1 Å². The molecule has 0 saturated carbocycles. The Morgan fingerprint density at radius 2 is 1.97 bits per heavy atom. The number of amides is 2. The van der Waals surface area contributed by atoms with Gasteiger partial charge < -0.3 is 20.0 Å². The summed E-state index contributed by atoms with van der Waals surface area (Å²) in [5.41, 5.74) is 1.85. The predicted molar refractivity (Wildman–Crippen MR) is 127 cm³/mol. The number of guanidine groups is 1. The number of benzene rings is 1. The van der Waals surface area contributed by atoms with E-state index in [1.54, 1.807) is 29.9 Å². The number of nitrogens with one attached hydrogen (secondary N) is 1. The van der Waals surface area contributed by atoms with Gasteiger partial charge in [-0.15, -0.1) is 24.0 Å². The fourth-order valence-electron chi connectivity index (χ4n) is 3.00. The zero-order valence-electron chi connectivity index (χ0n) is 17.5. The minimum absolute atomic E-state index is 0. The Kier molecular flexibility index (Phi) is 8.63. The number of anilines is 1. The number of hydrogen-bond donors (Lipinski definition) is 1. The van der Waals surface area contributed by atoms with Crippen molar-refractivity contribution < 1.29 is 9.59 Å². The zero-order chi connectivity index (χ0) is 20.8. The van der Waals surface area contributed by atoms with Crippen molar-refractivity contribution in [3.63, 3.8) is 0 Å². The maximum atomic E-state index is 12.7. The SMILES string of the molecule is CN(C)C(=O)CNC(=NCc1ccccc1)N1CCN(c2cnn(C)c2)C(=O)C1.I. The van der Waals surface area contributed by atoms with Crippen LogP contribution >= 0.6 is 24.0 Å². The molecular weight excluding hydrogens is 497 g/mol. The molecule has 1 aromatic heterocycles. The van der Waals surface area contributed by atoms with Crippen LogP contribution in [0.15, 0.2) is 47.7 Å². The molecule has 0 bridgehead atoms. The fraction of sp³-hybridized carbons (Fsp3) is 0.400. The summed E-state index contributed by atoms with van der Waals surface area (Å²) >= 11 is 0. The van der Waals surface area contributed by atoms with Crippen molar-refractivity contribution >= 4 is 47.4 Å². The molecule has 10 heteroatoms. The quantitative estimate of drug-likeness (QED) is 0.357. The smallest absolute Gasteiger partial charge is 0.246 e. The van der Waals surface area contributed by atoms with Crippen molar-refractivity contribution in [1.29, 1.82) is 0 Å². The standard InChI is InChI=1S/C20H27N7O2.HI/c1-24(2)18(28)13-22-20(21-11-16-7-5-4-6-8-16)26-9-10-27(19(29)15-26)17-12-23-25(3)14-17;/h4-8,12,14H,9-11,13,15H2,1-3H3,(H,21,22);1H. The molecule has 0 spiro atoms. The fourth-order valence-corrected chi connectivity index (χ4v) is 3.00. The zero-order valence-corrected chi connectivity index (χ0v) is 19.8. The summed E-state index contributed by atoms with van der Waals surface area (Å²) < 4.78 is 1.68. The lowest BCUT2D eigenvalue weighted by molar-refractivity contribution is -0.127. The molecule has 30 heavy (non-hydrogen) atoms. The van der Waals surface area contributed by atoms with Crippen molar-refractivity contribution in [2.24, 2.45) is 12.0 Å². The summed E-state index contributed by atoms with van der Waals surface area (Å²) in [6, 6.07) is 9.88. The third kappa shape index (κ3) is 6.18. The van der Waals surface area contributed by atoms with E-state index in [4.69, 9.17) is 0 Å². The third-order valence-electron chi connectivity index (χ3n) is 4.67. The lowest BCUT2D eigenvalue weighted by Gasteiger charge is -2.35. The number of hydrogen-bond acceptors (Lipinski definition) is 4. The first kappa shape index (κ1) is 23.6. The molecule has 2 aromatic rings. The number of halogens is 1. The van der Waals surface area contributed by atoms with Crippen LogP contribution in [0.3, 0.4) is 0 Å². The van der Waals surface area contributed by atoms with Gasteiger partial charge >= 0.3 is 0 Å². The number of nitrogens with zero attached hydrogens (tertiary/aromatic N) is 6. The molecule has 3 rings (SSSR count). The van der Waals surface area contributed by atoms with Crippen molar-refractivity contribution in [3.8, 4) is 0 Å². The van der Waals surface area contributed by atoms with Crippen molar-refractivity contribution in [3.05, 3.63) is 48.3 Å². The Morgan fingerprint density at radius 1 is 1.23 bits per heavy atom. The first-order valence-corrected chi connectivity index (χ1v) is 9.50. The van der Waals surface area contributed by atoms with Crippen LogP contribution in [0.25, 0.3) is 0 Å². The van der Waals surface area contributed by atoms with Gasteiger partial charge in [-0.2, -0.15) is 5.10 Å². The van der Waals surface area contributed by atoms with Crippen LogP contribution < -0.4 is 10.2 Å². The van der Waals surface area contributed by atoms with Crippen LogP contribution in [-0.4, -0.2) is 77.6 Å². The molecule has 0 atom stereocenters. The van der Waals surface area contributed by atoms with E-state index in [1.165, 1.54) is 4.90 Å². The van der Waals surface area contributed by atoms with Crippen LogP contribution in [0.2, 0.25) is 0 Å². The first-order chi connectivity index (χ1) is 13.9. The average Bonchev–Trinajstić information content (AvgIpc) is 3.14. The second-order valence-electron chi connectivity index (χ2n) is 7.11. The van der Waals surface area contributed by atoms with Crippen LogP contribution in [0.4, 0.5) is 5.69 Å². The van der Waals surface area contributed by atoms with Crippen LogP contribution in [0.5, 0.6) is 0 Å². The van der Waals surface area contributed by atoms with E-state index in [1.807, 2.05) is 48.5 Å². The van der Waals surface area contributed by atoms with Gasteiger partial charge in [0.05, 0.1) is 25.0 Å². The highest BCUT2D eigenvalue weighted by atomic mass is 127. The molecule has 0 unspecified atom stereocenters.